The fraction of sp³-hybridized carbons (Fsp3) is 0.440. The number of carbonyl (C=O) groups is 2. The number of hydrogen-bond acceptors (Lipinski definition) is 6. The van der Waals surface area contributed by atoms with Gasteiger partial charge in [-0.3, -0.25) is 14.3 Å². The highest BCUT2D eigenvalue weighted by molar-refractivity contribution is 7.93. The number of sulfonamides is 1. The number of benzene rings is 2. The van der Waals surface area contributed by atoms with Crippen LogP contribution in [-0.4, -0.2) is 67.5 Å². The Kier molecular flexibility index (Phi) is 11.4. The molecule has 0 saturated carbocycles. The molecule has 0 aliphatic rings. The molecule has 0 radical (unpaired) electrons. The molecule has 0 aromatic heterocycles. The summed E-state index contributed by atoms with van der Waals surface area (Å²) in [5.74, 6) is -3.48. The first-order valence-electron chi connectivity index (χ1n) is 12.3. The number of nitrogens with one attached hydrogen (secondary N) is 2. The Morgan fingerprint density at radius 3 is 2.02 bits per heavy atom. The molecule has 0 aliphatic carbocycles. The van der Waals surface area contributed by atoms with Crippen LogP contribution in [0.1, 0.15) is 53.0 Å². The normalized spacial score (nSPS) is 13.4. The van der Waals surface area contributed by atoms with Crippen molar-refractivity contribution in [3.05, 3.63) is 64.7 Å². The third-order valence-corrected chi connectivity index (χ3v) is 6.79. The van der Waals surface area contributed by atoms with E-state index in [1.54, 1.807) is 13.8 Å². The van der Waals surface area contributed by atoms with Crippen molar-refractivity contribution in [2.75, 3.05) is 24.4 Å². The van der Waals surface area contributed by atoms with Crippen LogP contribution in [0.4, 0.5) is 27.6 Å². The number of halogens is 5. The molecule has 0 aliphatic heterocycles. The quantitative estimate of drug-likeness (QED) is 0.263. The van der Waals surface area contributed by atoms with Gasteiger partial charge in [0.15, 0.2) is 0 Å². The number of rotatable bonds is 13. The Bertz CT molecular complexity index is 1280. The van der Waals surface area contributed by atoms with Gasteiger partial charge in [0.1, 0.15) is 11.6 Å². The molecule has 2 amide bonds. The Hall–Kier alpha value is -3.30. The zero-order chi connectivity index (χ0) is 30.3. The van der Waals surface area contributed by atoms with Crippen LogP contribution >= 0.6 is 0 Å². The van der Waals surface area contributed by atoms with Gasteiger partial charge < -0.3 is 21.1 Å². The third-order valence-electron chi connectivity index (χ3n) is 5.67. The van der Waals surface area contributed by atoms with E-state index in [9.17, 15) is 45.1 Å². The van der Waals surface area contributed by atoms with E-state index < -0.39 is 62.4 Å². The maximum absolute atomic E-state index is 13.7. The molecule has 2 rings (SSSR count). The first kappa shape index (κ1) is 32.9. The zero-order valence-electron chi connectivity index (χ0n) is 21.8. The van der Waals surface area contributed by atoms with Crippen LogP contribution in [0.15, 0.2) is 36.4 Å². The van der Waals surface area contributed by atoms with Crippen molar-refractivity contribution >= 4 is 27.5 Å². The van der Waals surface area contributed by atoms with Crippen LogP contribution in [-0.2, 0) is 16.4 Å². The van der Waals surface area contributed by atoms with Crippen molar-refractivity contribution in [3.63, 3.8) is 0 Å². The summed E-state index contributed by atoms with van der Waals surface area (Å²) in [6.45, 7) is 3.82. The number of hydrogen-bond donors (Lipinski definition) is 4. The van der Waals surface area contributed by atoms with Gasteiger partial charge in [-0.05, 0) is 55.2 Å². The Labute approximate surface area is 228 Å². The van der Waals surface area contributed by atoms with Gasteiger partial charge in [0, 0.05) is 36.8 Å². The van der Waals surface area contributed by atoms with E-state index in [-0.39, 0.29) is 24.1 Å². The number of nitrogens with two attached hydrogens (primary N) is 1. The van der Waals surface area contributed by atoms with Gasteiger partial charge in [-0.15, -0.1) is 0 Å². The maximum atomic E-state index is 13.7. The summed E-state index contributed by atoms with van der Waals surface area (Å²) < 4.78 is 91.2. The van der Waals surface area contributed by atoms with Crippen LogP contribution in [0, 0.1) is 11.6 Å². The second-order valence-electron chi connectivity index (χ2n) is 9.01. The highest BCUT2D eigenvalue weighted by Gasteiger charge is 2.46. The Morgan fingerprint density at radius 1 is 0.975 bits per heavy atom. The standard InChI is InChI=1S/C25H31F5N4O5S/c1-3-5-34(6-4-2)24(37)17-10-16(11-20(12-17)33-40(38,39)25(28,29)30)23(36)32-21(22(35)14-31)9-15-7-18(26)13-19(27)8-15/h7-8,10-13,21-22,33,35H,3-6,9,14,31H2,1-2H3,(H,32,36)/t21-,22+/m0/s1. The van der Waals surface area contributed by atoms with Crippen molar-refractivity contribution < 1.29 is 45.1 Å². The van der Waals surface area contributed by atoms with Crippen molar-refractivity contribution in [2.45, 2.75) is 50.8 Å². The minimum absolute atomic E-state index is 0.0626. The lowest BCUT2D eigenvalue weighted by Gasteiger charge is -2.24. The predicted molar refractivity (Wildman–Crippen MR) is 138 cm³/mol. The number of alkyl halides is 3. The topological polar surface area (TPSA) is 142 Å². The fourth-order valence-electron chi connectivity index (χ4n) is 3.87. The SMILES string of the molecule is CCCN(CCC)C(=O)c1cc(NS(=O)(=O)C(F)(F)F)cc(C(=O)N[C@@H](Cc2cc(F)cc(F)c2)[C@H](O)CN)c1. The molecular weight excluding hydrogens is 563 g/mol. The first-order chi connectivity index (χ1) is 18.6. The average molecular weight is 595 g/mol. The molecule has 0 heterocycles. The van der Waals surface area contributed by atoms with Crippen molar-refractivity contribution in [3.8, 4) is 0 Å². The molecule has 0 fully saturated rings. The fourth-order valence-corrected chi connectivity index (χ4v) is 4.42. The second kappa shape index (κ2) is 13.9. The third kappa shape index (κ3) is 8.86. The van der Waals surface area contributed by atoms with E-state index in [0.717, 1.165) is 30.3 Å². The second-order valence-corrected chi connectivity index (χ2v) is 10.7. The van der Waals surface area contributed by atoms with Gasteiger partial charge in [0.2, 0.25) is 0 Å². The van der Waals surface area contributed by atoms with Gasteiger partial charge in [-0.1, -0.05) is 13.8 Å². The molecule has 0 spiro atoms. The lowest BCUT2D eigenvalue weighted by atomic mass is 10.00. The number of anilines is 1. The van der Waals surface area contributed by atoms with Gasteiger partial charge in [-0.2, -0.15) is 21.6 Å². The molecule has 2 aromatic rings. The Morgan fingerprint density at radius 2 is 1.52 bits per heavy atom. The molecule has 0 saturated heterocycles. The summed E-state index contributed by atoms with van der Waals surface area (Å²) in [5, 5.41) is 12.7. The van der Waals surface area contributed by atoms with E-state index in [4.69, 9.17) is 5.73 Å². The molecule has 9 nitrogen and oxygen atoms in total. The van der Waals surface area contributed by atoms with E-state index in [1.807, 2.05) is 0 Å². The molecule has 0 unspecified atom stereocenters. The maximum Gasteiger partial charge on any atom is 0.516 e. The number of nitrogens with zero attached hydrogens (tertiary/aromatic N) is 1. The van der Waals surface area contributed by atoms with Crippen LogP contribution < -0.4 is 15.8 Å². The molecule has 5 N–H and O–H groups in total. The zero-order valence-corrected chi connectivity index (χ0v) is 22.6. The summed E-state index contributed by atoms with van der Waals surface area (Å²) in [7, 11) is -5.90. The van der Waals surface area contributed by atoms with E-state index in [2.05, 4.69) is 5.32 Å². The highest BCUT2D eigenvalue weighted by Crippen LogP contribution is 2.27. The summed E-state index contributed by atoms with van der Waals surface area (Å²) in [4.78, 5) is 27.7. The van der Waals surface area contributed by atoms with Crippen LogP contribution in [0.25, 0.3) is 0 Å². The molecule has 15 heteroatoms. The minimum atomic E-state index is -5.90. The van der Waals surface area contributed by atoms with E-state index >= 15 is 0 Å². The molecular formula is C25H31F5N4O5S. The van der Waals surface area contributed by atoms with Gasteiger partial charge in [-0.25, -0.2) is 8.78 Å². The Balaban J connectivity index is 2.52. The van der Waals surface area contributed by atoms with Gasteiger partial charge >= 0.3 is 15.5 Å². The van der Waals surface area contributed by atoms with Gasteiger partial charge in [0.25, 0.3) is 11.8 Å². The molecule has 2 aromatic carbocycles. The molecule has 222 valence electrons. The largest absolute Gasteiger partial charge is 0.516 e. The van der Waals surface area contributed by atoms with Crippen LogP contribution in [0.3, 0.4) is 0 Å². The summed E-state index contributed by atoms with van der Waals surface area (Å²) >= 11 is 0. The van der Waals surface area contributed by atoms with Crippen LogP contribution in [0.5, 0.6) is 0 Å². The molecule has 0 bridgehead atoms. The van der Waals surface area contributed by atoms with Gasteiger partial charge in [0.05, 0.1) is 17.8 Å². The smallest absolute Gasteiger partial charge is 0.390 e. The lowest BCUT2D eigenvalue weighted by Crippen LogP contribution is -2.48. The number of aliphatic hydroxyl groups excluding tert-OH is 1. The molecule has 2 atom stereocenters. The number of amides is 2. The number of carbonyl (C=O) groups excluding carboxylic acids is 2. The van der Waals surface area contributed by atoms with E-state index in [1.165, 1.54) is 9.62 Å². The number of aliphatic hydroxyl groups is 1. The monoisotopic (exact) mass is 594 g/mol. The van der Waals surface area contributed by atoms with Crippen LogP contribution in [0.2, 0.25) is 0 Å². The minimum Gasteiger partial charge on any atom is -0.390 e. The summed E-state index contributed by atoms with van der Waals surface area (Å²) in [5.41, 5.74) is -1.50. The highest BCUT2D eigenvalue weighted by atomic mass is 32.2. The van der Waals surface area contributed by atoms with Crippen molar-refractivity contribution in [1.82, 2.24) is 10.2 Å². The predicted octanol–water partition coefficient (Wildman–Crippen LogP) is 3.15. The lowest BCUT2D eigenvalue weighted by molar-refractivity contribution is -0.0429. The average Bonchev–Trinajstić information content (AvgIpc) is 2.85. The van der Waals surface area contributed by atoms with Crippen molar-refractivity contribution in [1.29, 1.82) is 0 Å². The summed E-state index contributed by atoms with van der Waals surface area (Å²) in [6, 6.07) is 4.09. The molecule has 40 heavy (non-hydrogen) atoms. The summed E-state index contributed by atoms with van der Waals surface area (Å²) in [6.07, 6.45) is -0.587. The van der Waals surface area contributed by atoms with Crippen molar-refractivity contribution in [2.24, 2.45) is 5.73 Å². The first-order valence-corrected chi connectivity index (χ1v) is 13.8. The van der Waals surface area contributed by atoms with E-state index in [0.29, 0.717) is 32.0 Å².